The Balaban J connectivity index is 0.00000169. The highest BCUT2D eigenvalue weighted by atomic mass is 79.9. The minimum Gasteiger partial charge on any atom is -0.495 e. The molecule has 0 aliphatic heterocycles. The van der Waals surface area contributed by atoms with Gasteiger partial charge in [-0.05, 0) is 37.3 Å². The van der Waals surface area contributed by atoms with E-state index in [1.54, 1.807) is 7.11 Å². The molecule has 0 bridgehead atoms. The number of halogens is 1. The predicted molar refractivity (Wildman–Crippen MR) is 100 cm³/mol. The number of ether oxygens (including phenoxy) is 1. The van der Waals surface area contributed by atoms with Gasteiger partial charge in [-0.3, -0.25) is 4.79 Å². The summed E-state index contributed by atoms with van der Waals surface area (Å²) in [5.41, 5.74) is 4.36. The van der Waals surface area contributed by atoms with Crippen LogP contribution in [0.3, 0.4) is 0 Å². The number of nitrogens with zero attached hydrogens (tertiary/aromatic N) is 2. The van der Waals surface area contributed by atoms with Gasteiger partial charge in [-0.25, -0.2) is 4.98 Å². The molecule has 0 fully saturated rings. The third-order valence-electron chi connectivity index (χ3n) is 4.10. The topological polar surface area (TPSA) is 59.4 Å². The summed E-state index contributed by atoms with van der Waals surface area (Å²) in [6, 6.07) is 13.1. The average molecular weight is 386 g/mol. The molecule has 0 saturated carbocycles. The number of H-pyrrole nitrogens is 1. The molecule has 0 spiro atoms. The Morgan fingerprint density at radius 3 is 2.71 bits per heavy atom. The van der Waals surface area contributed by atoms with Crippen molar-refractivity contribution in [3.8, 4) is 17.0 Å². The van der Waals surface area contributed by atoms with Crippen LogP contribution in [0.4, 0.5) is 0 Å². The first-order valence-corrected chi connectivity index (χ1v) is 7.33. The monoisotopic (exact) mass is 385 g/mol. The number of nitrogens with one attached hydrogen (secondary N) is 1. The zero-order valence-electron chi connectivity index (χ0n) is 13.2. The third kappa shape index (κ3) is 2.39. The molecule has 4 rings (SSSR count). The maximum atomic E-state index is 11.7. The lowest BCUT2D eigenvalue weighted by molar-refractivity contribution is 0.419. The number of benzene rings is 1. The molecule has 4 aromatic rings. The number of hydrogen-bond donors (Lipinski definition) is 1. The van der Waals surface area contributed by atoms with Gasteiger partial charge in [0, 0.05) is 28.9 Å². The van der Waals surface area contributed by atoms with Gasteiger partial charge in [0.25, 0.3) is 0 Å². The summed E-state index contributed by atoms with van der Waals surface area (Å²) in [6.07, 6.45) is 1.99. The molecule has 1 N–H and O–H groups in total. The first-order chi connectivity index (χ1) is 11.2. The zero-order valence-corrected chi connectivity index (χ0v) is 15.0. The average Bonchev–Trinajstić information content (AvgIpc) is 2.91. The SMILES string of the molecule is Br.COc1ccc(-c2nc3ccccn3c2C)c2ccc(=O)[nH]c12. The first-order valence-electron chi connectivity index (χ1n) is 7.33. The molecule has 1 aromatic carbocycles. The molecule has 6 heteroatoms. The number of methoxy groups -OCH3 is 1. The lowest BCUT2D eigenvalue weighted by Crippen LogP contribution is -2.04. The van der Waals surface area contributed by atoms with Crippen molar-refractivity contribution in [1.29, 1.82) is 0 Å². The number of imidazole rings is 1. The smallest absolute Gasteiger partial charge is 0.248 e. The fourth-order valence-corrected chi connectivity index (χ4v) is 2.98. The summed E-state index contributed by atoms with van der Waals surface area (Å²) in [5, 5.41) is 0.912. The van der Waals surface area contributed by atoms with Gasteiger partial charge in [0.1, 0.15) is 11.4 Å². The third-order valence-corrected chi connectivity index (χ3v) is 4.10. The van der Waals surface area contributed by atoms with E-state index in [1.807, 2.05) is 49.5 Å². The Labute approximate surface area is 148 Å². The van der Waals surface area contributed by atoms with Crippen LogP contribution >= 0.6 is 17.0 Å². The van der Waals surface area contributed by atoms with E-state index >= 15 is 0 Å². The molecule has 0 unspecified atom stereocenters. The predicted octanol–water partition coefficient (Wildman–Crippen LogP) is 3.74. The molecule has 0 aliphatic rings. The second kappa shape index (κ2) is 6.13. The van der Waals surface area contributed by atoms with Crippen molar-refractivity contribution in [3.05, 3.63) is 64.7 Å². The normalized spacial score (nSPS) is 10.8. The number of hydrogen-bond acceptors (Lipinski definition) is 3. The second-order valence-electron chi connectivity index (χ2n) is 5.40. The Hall–Kier alpha value is -2.60. The highest BCUT2D eigenvalue weighted by Crippen LogP contribution is 2.33. The standard InChI is InChI=1S/C18H15N3O2.BrH/c1-11-17(19-15-5-3-4-10-21(11)15)12-6-8-14(23-2)18-13(12)7-9-16(22)20-18;/h3-10H,1-2H3,(H,20,22);1H. The quantitative estimate of drug-likeness (QED) is 0.571. The van der Waals surface area contributed by atoms with Crippen molar-refractivity contribution in [2.75, 3.05) is 7.11 Å². The molecule has 24 heavy (non-hydrogen) atoms. The van der Waals surface area contributed by atoms with Crippen LogP contribution in [0, 0.1) is 6.92 Å². The molecule has 3 heterocycles. The van der Waals surface area contributed by atoms with E-state index in [0.717, 1.165) is 28.0 Å². The van der Waals surface area contributed by atoms with Crippen LogP contribution in [0.1, 0.15) is 5.69 Å². The van der Waals surface area contributed by atoms with Gasteiger partial charge in [-0.1, -0.05) is 6.07 Å². The number of aromatic nitrogens is 3. The van der Waals surface area contributed by atoms with Gasteiger partial charge < -0.3 is 14.1 Å². The van der Waals surface area contributed by atoms with E-state index in [0.29, 0.717) is 11.3 Å². The van der Waals surface area contributed by atoms with Crippen LogP contribution in [0.2, 0.25) is 0 Å². The number of aryl methyl sites for hydroxylation is 1. The van der Waals surface area contributed by atoms with Crippen LogP contribution in [-0.2, 0) is 0 Å². The Morgan fingerprint density at radius 1 is 1.12 bits per heavy atom. The van der Waals surface area contributed by atoms with Crippen LogP contribution in [-0.4, -0.2) is 21.5 Å². The van der Waals surface area contributed by atoms with Crippen molar-refractivity contribution < 1.29 is 4.74 Å². The number of pyridine rings is 2. The lowest BCUT2D eigenvalue weighted by Gasteiger charge is -2.09. The Bertz CT molecular complexity index is 1100. The van der Waals surface area contributed by atoms with Gasteiger partial charge in [0.2, 0.25) is 5.56 Å². The number of rotatable bonds is 2. The van der Waals surface area contributed by atoms with Gasteiger partial charge in [0.05, 0.1) is 18.3 Å². The largest absolute Gasteiger partial charge is 0.495 e. The summed E-state index contributed by atoms with van der Waals surface area (Å²) in [6.45, 7) is 2.04. The van der Waals surface area contributed by atoms with Gasteiger partial charge >= 0.3 is 0 Å². The number of fused-ring (bicyclic) bond motifs is 2. The van der Waals surface area contributed by atoms with Crippen LogP contribution in [0.25, 0.3) is 27.8 Å². The van der Waals surface area contributed by atoms with Gasteiger partial charge in [-0.2, -0.15) is 0 Å². The molecule has 3 aromatic heterocycles. The van der Waals surface area contributed by atoms with E-state index in [1.165, 1.54) is 6.07 Å². The molecule has 0 saturated heterocycles. The minimum atomic E-state index is -0.153. The van der Waals surface area contributed by atoms with Crippen molar-refractivity contribution in [1.82, 2.24) is 14.4 Å². The zero-order chi connectivity index (χ0) is 16.0. The summed E-state index contributed by atoms with van der Waals surface area (Å²) in [4.78, 5) is 19.3. The van der Waals surface area contributed by atoms with E-state index in [2.05, 4.69) is 9.38 Å². The van der Waals surface area contributed by atoms with Gasteiger partial charge in [0.15, 0.2) is 0 Å². The summed E-state index contributed by atoms with van der Waals surface area (Å²) >= 11 is 0. The molecule has 0 aliphatic carbocycles. The van der Waals surface area contributed by atoms with E-state index in [9.17, 15) is 4.79 Å². The maximum Gasteiger partial charge on any atom is 0.248 e. The highest BCUT2D eigenvalue weighted by Gasteiger charge is 2.15. The molecular formula is C18H16BrN3O2. The van der Waals surface area contributed by atoms with Crippen molar-refractivity contribution in [2.24, 2.45) is 0 Å². The molecule has 0 radical (unpaired) electrons. The summed E-state index contributed by atoms with van der Waals surface area (Å²) in [5.74, 6) is 0.642. The molecule has 5 nitrogen and oxygen atoms in total. The van der Waals surface area contributed by atoms with Crippen molar-refractivity contribution in [2.45, 2.75) is 6.92 Å². The van der Waals surface area contributed by atoms with Crippen LogP contribution < -0.4 is 10.3 Å². The van der Waals surface area contributed by atoms with Crippen LogP contribution in [0.15, 0.2) is 53.5 Å². The molecule has 0 amide bonds. The number of aromatic amines is 1. The summed E-state index contributed by atoms with van der Waals surface area (Å²) in [7, 11) is 1.59. The van der Waals surface area contributed by atoms with E-state index < -0.39 is 0 Å². The molecule has 0 atom stereocenters. The molecule has 122 valence electrons. The second-order valence-corrected chi connectivity index (χ2v) is 5.40. The van der Waals surface area contributed by atoms with Crippen molar-refractivity contribution >= 4 is 33.5 Å². The van der Waals surface area contributed by atoms with Crippen LogP contribution in [0.5, 0.6) is 5.75 Å². The lowest BCUT2D eigenvalue weighted by atomic mass is 10.0. The fraction of sp³-hybridized carbons (Fsp3) is 0.111. The Kier molecular flexibility index (Phi) is 4.15. The highest BCUT2D eigenvalue weighted by molar-refractivity contribution is 8.93. The summed E-state index contributed by atoms with van der Waals surface area (Å²) < 4.78 is 7.42. The molecular weight excluding hydrogens is 370 g/mol. The maximum absolute atomic E-state index is 11.7. The minimum absolute atomic E-state index is 0. The van der Waals surface area contributed by atoms with Crippen molar-refractivity contribution in [3.63, 3.8) is 0 Å². The fourth-order valence-electron chi connectivity index (χ4n) is 2.98. The Morgan fingerprint density at radius 2 is 1.96 bits per heavy atom. The first kappa shape index (κ1) is 16.3. The van der Waals surface area contributed by atoms with E-state index in [-0.39, 0.29) is 22.5 Å². The van der Waals surface area contributed by atoms with Gasteiger partial charge in [-0.15, -0.1) is 17.0 Å². The van der Waals surface area contributed by atoms with E-state index in [4.69, 9.17) is 9.72 Å².